The number of nitrogens with one attached hydrogen (secondary N) is 2. The first-order valence-corrected chi connectivity index (χ1v) is 8.88. The maximum absolute atomic E-state index is 12.4. The van der Waals surface area contributed by atoms with Crippen molar-refractivity contribution in [2.75, 3.05) is 18.5 Å². The number of hydrogen-bond donors (Lipinski definition) is 2. The average Bonchev–Trinajstić information content (AvgIpc) is 2.72. The van der Waals surface area contributed by atoms with Crippen molar-refractivity contribution in [3.8, 4) is 5.75 Å². The van der Waals surface area contributed by atoms with Crippen LogP contribution in [-0.2, 0) is 20.9 Å². The van der Waals surface area contributed by atoms with E-state index in [0.717, 1.165) is 4.68 Å². The van der Waals surface area contributed by atoms with Crippen molar-refractivity contribution >= 4 is 28.3 Å². The number of anilines is 1. The van der Waals surface area contributed by atoms with E-state index in [1.807, 2.05) is 6.92 Å². The zero-order chi connectivity index (χ0) is 20.8. The van der Waals surface area contributed by atoms with Gasteiger partial charge in [0.25, 0.3) is 17.0 Å². The van der Waals surface area contributed by atoms with Gasteiger partial charge in [0.15, 0.2) is 6.61 Å². The Bertz CT molecular complexity index is 1150. The first kappa shape index (κ1) is 19.9. The molecule has 0 aliphatic carbocycles. The topological polar surface area (TPSA) is 119 Å². The van der Waals surface area contributed by atoms with Gasteiger partial charge in [-0.1, -0.05) is 12.1 Å². The number of carbonyl (C=O) groups excluding carboxylic acids is 2. The molecule has 0 fully saturated rings. The third kappa shape index (κ3) is 4.89. The van der Waals surface area contributed by atoms with E-state index in [0.29, 0.717) is 18.0 Å². The summed E-state index contributed by atoms with van der Waals surface area (Å²) in [4.78, 5) is 48.3. The summed E-state index contributed by atoms with van der Waals surface area (Å²) in [6.07, 6.45) is 0. The first-order chi connectivity index (χ1) is 14.0. The van der Waals surface area contributed by atoms with Crippen LogP contribution in [0.15, 0.2) is 58.1 Å². The highest BCUT2D eigenvalue weighted by Crippen LogP contribution is 2.15. The van der Waals surface area contributed by atoms with Gasteiger partial charge >= 0.3 is 5.97 Å². The van der Waals surface area contributed by atoms with Gasteiger partial charge < -0.3 is 14.8 Å². The van der Waals surface area contributed by atoms with Crippen molar-refractivity contribution in [2.45, 2.75) is 13.5 Å². The largest absolute Gasteiger partial charge is 0.494 e. The molecule has 2 aromatic carbocycles. The third-order valence-electron chi connectivity index (χ3n) is 3.98. The van der Waals surface area contributed by atoms with Crippen LogP contribution in [0.25, 0.3) is 10.8 Å². The van der Waals surface area contributed by atoms with Gasteiger partial charge in [-0.05, 0) is 43.3 Å². The summed E-state index contributed by atoms with van der Waals surface area (Å²) in [5.41, 5.74) is -0.512. The SMILES string of the molecule is CCOc1ccc(NC(=O)COC(=O)Cn2[nH]c(=O)c3ccccc3c2=O)cc1. The van der Waals surface area contributed by atoms with Gasteiger partial charge in [0.1, 0.15) is 12.3 Å². The number of hydrogen-bond acceptors (Lipinski definition) is 6. The Kier molecular flexibility index (Phi) is 6.08. The fourth-order valence-corrected chi connectivity index (χ4v) is 2.68. The number of ether oxygens (including phenoxy) is 2. The van der Waals surface area contributed by atoms with Gasteiger partial charge in [-0.2, -0.15) is 0 Å². The second-order valence-electron chi connectivity index (χ2n) is 6.04. The van der Waals surface area contributed by atoms with Crippen LogP contribution in [0.1, 0.15) is 6.92 Å². The van der Waals surface area contributed by atoms with Crippen LogP contribution in [0.2, 0.25) is 0 Å². The number of carbonyl (C=O) groups is 2. The molecule has 0 saturated heterocycles. The highest BCUT2D eigenvalue weighted by atomic mass is 16.5. The molecule has 0 spiro atoms. The minimum atomic E-state index is -0.833. The number of aromatic amines is 1. The summed E-state index contributed by atoms with van der Waals surface area (Å²) in [6, 6.07) is 13.0. The molecule has 1 amide bonds. The van der Waals surface area contributed by atoms with Gasteiger partial charge in [-0.25, -0.2) is 4.68 Å². The molecule has 2 N–H and O–H groups in total. The van der Waals surface area contributed by atoms with Crippen molar-refractivity contribution in [3.05, 3.63) is 69.2 Å². The molecule has 150 valence electrons. The first-order valence-electron chi connectivity index (χ1n) is 8.88. The highest BCUT2D eigenvalue weighted by molar-refractivity contribution is 5.92. The lowest BCUT2D eigenvalue weighted by atomic mass is 10.2. The van der Waals surface area contributed by atoms with E-state index in [1.54, 1.807) is 36.4 Å². The minimum Gasteiger partial charge on any atom is -0.494 e. The van der Waals surface area contributed by atoms with Crippen molar-refractivity contribution in [2.24, 2.45) is 0 Å². The fraction of sp³-hybridized carbons (Fsp3) is 0.200. The second-order valence-corrected chi connectivity index (χ2v) is 6.04. The molecule has 9 heteroatoms. The lowest BCUT2D eigenvalue weighted by molar-refractivity contribution is -0.148. The van der Waals surface area contributed by atoms with Crippen LogP contribution in [0.3, 0.4) is 0 Å². The number of aromatic nitrogens is 2. The van der Waals surface area contributed by atoms with Crippen molar-refractivity contribution in [1.82, 2.24) is 9.78 Å². The Balaban J connectivity index is 1.58. The molecule has 0 unspecified atom stereocenters. The van der Waals surface area contributed by atoms with E-state index in [9.17, 15) is 19.2 Å². The van der Waals surface area contributed by atoms with Crippen molar-refractivity contribution < 1.29 is 19.1 Å². The smallest absolute Gasteiger partial charge is 0.328 e. The van der Waals surface area contributed by atoms with E-state index in [1.165, 1.54) is 12.1 Å². The minimum absolute atomic E-state index is 0.192. The van der Waals surface area contributed by atoms with Gasteiger partial charge in [-0.3, -0.25) is 24.3 Å². The molecule has 29 heavy (non-hydrogen) atoms. The van der Waals surface area contributed by atoms with Crippen molar-refractivity contribution in [1.29, 1.82) is 0 Å². The van der Waals surface area contributed by atoms with E-state index < -0.39 is 36.1 Å². The Morgan fingerprint density at radius 1 is 1.03 bits per heavy atom. The normalized spacial score (nSPS) is 10.5. The summed E-state index contributed by atoms with van der Waals surface area (Å²) in [5, 5.41) is 5.33. The Morgan fingerprint density at radius 2 is 1.72 bits per heavy atom. The molecule has 0 bridgehead atoms. The van der Waals surface area contributed by atoms with Crippen LogP contribution in [0, 0.1) is 0 Å². The van der Waals surface area contributed by atoms with Gasteiger partial charge in [0.2, 0.25) is 0 Å². The molecule has 0 aliphatic rings. The van der Waals surface area contributed by atoms with Gasteiger partial charge in [0, 0.05) is 5.69 Å². The zero-order valence-electron chi connectivity index (χ0n) is 15.6. The molecule has 0 aliphatic heterocycles. The van der Waals surface area contributed by atoms with Gasteiger partial charge in [-0.15, -0.1) is 0 Å². The number of H-pyrrole nitrogens is 1. The van der Waals surface area contributed by atoms with Crippen LogP contribution in [0.5, 0.6) is 5.75 Å². The predicted octanol–water partition coefficient (Wildman–Crippen LogP) is 1.27. The van der Waals surface area contributed by atoms with Crippen LogP contribution < -0.4 is 21.2 Å². The summed E-state index contributed by atoms with van der Waals surface area (Å²) >= 11 is 0. The monoisotopic (exact) mass is 397 g/mol. The summed E-state index contributed by atoms with van der Waals surface area (Å²) in [7, 11) is 0. The second kappa shape index (κ2) is 8.87. The Morgan fingerprint density at radius 3 is 2.41 bits per heavy atom. The molecule has 0 saturated carbocycles. The lowest BCUT2D eigenvalue weighted by Crippen LogP contribution is -2.33. The molecule has 3 rings (SSSR count). The predicted molar refractivity (Wildman–Crippen MR) is 106 cm³/mol. The molecule has 1 heterocycles. The van der Waals surface area contributed by atoms with E-state index in [-0.39, 0.29) is 10.8 Å². The molecule has 3 aromatic rings. The lowest BCUT2D eigenvalue weighted by Gasteiger charge is -2.09. The molecule has 0 radical (unpaired) electrons. The molecule has 9 nitrogen and oxygen atoms in total. The molecular weight excluding hydrogens is 378 g/mol. The van der Waals surface area contributed by atoms with Crippen molar-refractivity contribution in [3.63, 3.8) is 0 Å². The summed E-state index contributed by atoms with van der Waals surface area (Å²) in [6.45, 7) is 1.35. The average molecular weight is 397 g/mol. The molecule has 0 atom stereocenters. The number of amides is 1. The maximum atomic E-state index is 12.4. The van der Waals surface area contributed by atoms with E-state index in [2.05, 4.69) is 10.4 Å². The zero-order valence-corrected chi connectivity index (χ0v) is 15.6. The number of benzene rings is 2. The van der Waals surface area contributed by atoms with E-state index in [4.69, 9.17) is 9.47 Å². The van der Waals surface area contributed by atoms with Crippen LogP contribution >= 0.6 is 0 Å². The number of rotatable bonds is 7. The van der Waals surface area contributed by atoms with Gasteiger partial charge in [0.05, 0.1) is 17.4 Å². The molecular formula is C20H19N3O6. The Hall–Kier alpha value is -3.88. The number of nitrogens with zero attached hydrogens (tertiary/aromatic N) is 1. The molecule has 1 aromatic heterocycles. The Labute approximate surface area is 164 Å². The highest BCUT2D eigenvalue weighted by Gasteiger charge is 2.12. The third-order valence-corrected chi connectivity index (χ3v) is 3.98. The number of esters is 1. The van der Waals surface area contributed by atoms with Crippen LogP contribution in [-0.4, -0.2) is 34.9 Å². The van der Waals surface area contributed by atoms with E-state index >= 15 is 0 Å². The number of fused-ring (bicyclic) bond motifs is 1. The quantitative estimate of drug-likeness (QED) is 0.580. The fourth-order valence-electron chi connectivity index (χ4n) is 2.68. The summed E-state index contributed by atoms with van der Waals surface area (Å²) in [5.74, 6) is -0.700. The summed E-state index contributed by atoms with van der Waals surface area (Å²) < 4.78 is 11.1. The maximum Gasteiger partial charge on any atom is 0.328 e. The standard InChI is InChI=1S/C20H19N3O6/c1-2-28-14-9-7-13(8-10-14)21-17(24)12-29-18(25)11-23-20(27)16-6-4-3-5-15(16)19(26)22-23/h3-10H,2,11-12H2,1H3,(H,21,24)(H,22,26). The van der Waals surface area contributed by atoms with Crippen LogP contribution in [0.4, 0.5) is 5.69 Å².